The molecule has 1 aromatic rings. The summed E-state index contributed by atoms with van der Waals surface area (Å²) >= 11 is 0. The van der Waals surface area contributed by atoms with Crippen LogP contribution in [0.1, 0.15) is 6.92 Å². The first kappa shape index (κ1) is 14.9. The Kier molecular flexibility index (Phi) is 5.58. The van der Waals surface area contributed by atoms with E-state index >= 15 is 0 Å². The van der Waals surface area contributed by atoms with E-state index in [-0.39, 0.29) is 0 Å². The van der Waals surface area contributed by atoms with Crippen molar-refractivity contribution in [2.75, 3.05) is 39.2 Å². The number of ether oxygens (including phenoxy) is 1. The van der Waals surface area contributed by atoms with Crippen LogP contribution in [0.4, 0.5) is 5.69 Å². The Morgan fingerprint density at radius 2 is 2.00 bits per heavy atom. The van der Waals surface area contributed by atoms with Gasteiger partial charge in [-0.05, 0) is 12.1 Å². The van der Waals surface area contributed by atoms with Gasteiger partial charge in [0.15, 0.2) is 0 Å². The molecule has 0 saturated carbocycles. The number of hydrogen-bond donors (Lipinski definition) is 1. The molecular formula is C12H20N2O3S. The lowest BCUT2D eigenvalue weighted by molar-refractivity contribution is 0.180. The van der Waals surface area contributed by atoms with Gasteiger partial charge in [-0.2, -0.15) is 4.31 Å². The summed E-state index contributed by atoms with van der Waals surface area (Å²) in [5, 5.41) is 2.90. The Morgan fingerprint density at radius 1 is 1.33 bits per heavy atom. The zero-order valence-electron chi connectivity index (χ0n) is 11.0. The van der Waals surface area contributed by atoms with Gasteiger partial charge in [0.1, 0.15) is 4.90 Å². The molecule has 1 aromatic carbocycles. The smallest absolute Gasteiger partial charge is 0.245 e. The zero-order valence-corrected chi connectivity index (χ0v) is 11.8. The van der Waals surface area contributed by atoms with Crippen molar-refractivity contribution in [1.29, 1.82) is 0 Å². The second-order valence-corrected chi connectivity index (χ2v) is 5.64. The van der Waals surface area contributed by atoms with Crippen LogP contribution in [0.5, 0.6) is 0 Å². The average Bonchev–Trinajstić information content (AvgIpc) is 2.39. The maximum atomic E-state index is 12.5. The van der Waals surface area contributed by atoms with Crippen LogP contribution in [0.25, 0.3) is 0 Å². The molecule has 18 heavy (non-hydrogen) atoms. The number of sulfonamides is 1. The van der Waals surface area contributed by atoms with E-state index in [9.17, 15) is 8.42 Å². The molecule has 0 spiro atoms. The van der Waals surface area contributed by atoms with E-state index in [1.54, 1.807) is 38.4 Å². The van der Waals surface area contributed by atoms with E-state index in [1.165, 1.54) is 4.31 Å². The van der Waals surface area contributed by atoms with Crippen LogP contribution in [0.3, 0.4) is 0 Å². The van der Waals surface area contributed by atoms with Gasteiger partial charge < -0.3 is 10.1 Å². The normalized spacial score (nSPS) is 11.8. The lowest BCUT2D eigenvalue weighted by Crippen LogP contribution is -2.34. The second kappa shape index (κ2) is 6.72. The van der Waals surface area contributed by atoms with Crippen molar-refractivity contribution in [3.05, 3.63) is 24.3 Å². The Bertz CT molecular complexity index is 474. The van der Waals surface area contributed by atoms with Gasteiger partial charge in [-0.3, -0.25) is 0 Å². The number of rotatable bonds is 7. The molecule has 0 fully saturated rings. The second-order valence-electron chi connectivity index (χ2n) is 3.74. The largest absolute Gasteiger partial charge is 0.387 e. The summed E-state index contributed by atoms with van der Waals surface area (Å²) in [6, 6.07) is 6.88. The number of methoxy groups -OCH3 is 1. The van der Waals surface area contributed by atoms with Crippen LogP contribution in [0.15, 0.2) is 29.2 Å². The van der Waals surface area contributed by atoms with Crippen molar-refractivity contribution in [2.45, 2.75) is 11.8 Å². The van der Waals surface area contributed by atoms with Gasteiger partial charge >= 0.3 is 0 Å². The first-order chi connectivity index (χ1) is 8.57. The third-order valence-corrected chi connectivity index (χ3v) is 4.70. The summed E-state index contributed by atoms with van der Waals surface area (Å²) in [7, 11) is -0.210. The number of anilines is 1. The minimum Gasteiger partial charge on any atom is -0.387 e. The topological polar surface area (TPSA) is 58.6 Å². The Labute approximate surface area is 109 Å². The lowest BCUT2D eigenvalue weighted by Gasteiger charge is -2.21. The van der Waals surface area contributed by atoms with E-state index in [2.05, 4.69) is 5.32 Å². The molecule has 0 aliphatic heterocycles. The molecule has 0 heterocycles. The number of likely N-dealkylation sites (N-methyl/N-ethyl adjacent to an activating group) is 1. The highest BCUT2D eigenvalue weighted by Crippen LogP contribution is 2.23. The van der Waals surface area contributed by atoms with E-state index in [1.807, 2.05) is 6.92 Å². The minimum absolute atomic E-state index is 0.297. The molecule has 0 saturated heterocycles. The highest BCUT2D eigenvalue weighted by Gasteiger charge is 2.24. The predicted octanol–water partition coefficient (Wildman–Crippen LogP) is 1.39. The monoisotopic (exact) mass is 272 g/mol. The first-order valence-electron chi connectivity index (χ1n) is 5.83. The lowest BCUT2D eigenvalue weighted by atomic mass is 10.3. The number of nitrogens with zero attached hydrogens (tertiary/aromatic N) is 1. The predicted molar refractivity (Wildman–Crippen MR) is 72.3 cm³/mol. The number of benzene rings is 1. The molecule has 102 valence electrons. The van der Waals surface area contributed by atoms with Crippen LogP contribution in [-0.4, -0.2) is 46.6 Å². The average molecular weight is 272 g/mol. The molecule has 0 bridgehead atoms. The third kappa shape index (κ3) is 3.22. The van der Waals surface area contributed by atoms with E-state index in [0.29, 0.717) is 30.3 Å². The molecule has 0 aromatic heterocycles. The van der Waals surface area contributed by atoms with Crippen LogP contribution in [-0.2, 0) is 14.8 Å². The van der Waals surface area contributed by atoms with Gasteiger partial charge in [0.25, 0.3) is 0 Å². The molecule has 0 atom stereocenters. The van der Waals surface area contributed by atoms with Crippen molar-refractivity contribution in [3.63, 3.8) is 0 Å². The summed E-state index contributed by atoms with van der Waals surface area (Å²) in [5.41, 5.74) is 0.605. The standard InChI is InChI=1S/C12H20N2O3S/c1-4-14(9-10-17-3)18(15,16)12-8-6-5-7-11(12)13-2/h5-8,13H,4,9-10H2,1-3H3. The summed E-state index contributed by atoms with van der Waals surface area (Å²) in [6.07, 6.45) is 0. The van der Waals surface area contributed by atoms with Crippen LogP contribution in [0, 0.1) is 0 Å². The fraction of sp³-hybridized carbons (Fsp3) is 0.500. The van der Waals surface area contributed by atoms with Gasteiger partial charge in [0, 0.05) is 27.2 Å². The Morgan fingerprint density at radius 3 is 2.56 bits per heavy atom. The van der Waals surface area contributed by atoms with E-state index in [4.69, 9.17) is 4.74 Å². The van der Waals surface area contributed by atoms with Gasteiger partial charge in [-0.15, -0.1) is 0 Å². The van der Waals surface area contributed by atoms with Gasteiger partial charge in [-0.1, -0.05) is 19.1 Å². The zero-order chi connectivity index (χ0) is 13.6. The van der Waals surface area contributed by atoms with Crippen LogP contribution < -0.4 is 5.32 Å². The molecular weight excluding hydrogens is 252 g/mol. The molecule has 0 radical (unpaired) electrons. The SMILES string of the molecule is CCN(CCOC)S(=O)(=O)c1ccccc1NC. The summed E-state index contributed by atoms with van der Waals surface area (Å²) in [6.45, 7) is 2.97. The van der Waals surface area contributed by atoms with Gasteiger partial charge in [0.05, 0.1) is 12.3 Å². The van der Waals surface area contributed by atoms with E-state index < -0.39 is 10.0 Å². The highest BCUT2D eigenvalue weighted by atomic mass is 32.2. The number of nitrogens with one attached hydrogen (secondary N) is 1. The number of hydrogen-bond acceptors (Lipinski definition) is 4. The van der Waals surface area contributed by atoms with Crippen molar-refractivity contribution in [3.8, 4) is 0 Å². The van der Waals surface area contributed by atoms with Crippen molar-refractivity contribution >= 4 is 15.7 Å². The molecule has 1 N–H and O–H groups in total. The summed E-state index contributed by atoms with van der Waals surface area (Å²) in [5.74, 6) is 0. The molecule has 5 nitrogen and oxygen atoms in total. The summed E-state index contributed by atoms with van der Waals surface area (Å²) < 4.78 is 31.3. The molecule has 0 amide bonds. The minimum atomic E-state index is -3.48. The maximum absolute atomic E-state index is 12.5. The molecule has 1 rings (SSSR count). The Balaban J connectivity index is 3.10. The fourth-order valence-corrected chi connectivity index (χ4v) is 3.31. The highest BCUT2D eigenvalue weighted by molar-refractivity contribution is 7.89. The van der Waals surface area contributed by atoms with Crippen LogP contribution in [0.2, 0.25) is 0 Å². The molecule has 0 aliphatic rings. The molecule has 0 aliphatic carbocycles. The van der Waals surface area contributed by atoms with Crippen LogP contribution >= 0.6 is 0 Å². The number of para-hydroxylation sites is 1. The van der Waals surface area contributed by atoms with Gasteiger partial charge in [-0.25, -0.2) is 8.42 Å². The van der Waals surface area contributed by atoms with Crippen molar-refractivity contribution in [2.24, 2.45) is 0 Å². The molecule has 6 heteroatoms. The first-order valence-corrected chi connectivity index (χ1v) is 7.27. The molecule has 0 unspecified atom stereocenters. The van der Waals surface area contributed by atoms with E-state index in [0.717, 1.165) is 0 Å². The van der Waals surface area contributed by atoms with Gasteiger partial charge in [0.2, 0.25) is 10.0 Å². The third-order valence-electron chi connectivity index (χ3n) is 2.67. The maximum Gasteiger partial charge on any atom is 0.245 e. The fourth-order valence-electron chi connectivity index (χ4n) is 1.68. The Hall–Kier alpha value is -1.11. The van der Waals surface area contributed by atoms with Crippen molar-refractivity contribution in [1.82, 2.24) is 4.31 Å². The quantitative estimate of drug-likeness (QED) is 0.815. The summed E-state index contributed by atoms with van der Waals surface area (Å²) in [4.78, 5) is 0.297. The van der Waals surface area contributed by atoms with Crippen molar-refractivity contribution < 1.29 is 13.2 Å².